The zero-order chi connectivity index (χ0) is 13.8. The molecule has 0 aliphatic carbocycles. The quantitative estimate of drug-likeness (QED) is 0.607. The second-order valence-corrected chi connectivity index (χ2v) is 5.65. The van der Waals surface area contributed by atoms with Gasteiger partial charge < -0.3 is 25.4 Å². The van der Waals surface area contributed by atoms with Crippen molar-refractivity contribution in [3.8, 4) is 0 Å². The Kier molecular flexibility index (Phi) is 5.15. The number of aliphatic hydroxyl groups excluding tert-OH is 1. The minimum absolute atomic E-state index is 0.0211. The molecule has 0 aromatic carbocycles. The molecular formula is C13H25N3O3. The Morgan fingerprint density at radius 3 is 2.74 bits per heavy atom. The van der Waals surface area contributed by atoms with Gasteiger partial charge in [-0.1, -0.05) is 0 Å². The lowest BCUT2D eigenvalue weighted by atomic mass is 10.0. The lowest BCUT2D eigenvalue weighted by Crippen LogP contribution is -2.51. The summed E-state index contributed by atoms with van der Waals surface area (Å²) in [6.45, 7) is 4.54. The van der Waals surface area contributed by atoms with E-state index in [-0.39, 0.29) is 18.1 Å². The highest BCUT2D eigenvalue weighted by Gasteiger charge is 2.37. The van der Waals surface area contributed by atoms with Crippen LogP contribution in [0.25, 0.3) is 0 Å². The molecule has 2 fully saturated rings. The molecule has 110 valence electrons. The number of piperidine rings is 1. The van der Waals surface area contributed by atoms with E-state index in [1.54, 1.807) is 0 Å². The van der Waals surface area contributed by atoms with E-state index < -0.39 is 6.10 Å². The zero-order valence-corrected chi connectivity index (χ0v) is 11.8. The van der Waals surface area contributed by atoms with Gasteiger partial charge in [0.1, 0.15) is 6.10 Å². The van der Waals surface area contributed by atoms with Crippen LogP contribution in [0.2, 0.25) is 0 Å². The molecule has 2 aliphatic rings. The molecule has 2 saturated heterocycles. The standard InChI is InChI=1S/C13H25N3O3/c1-9(17)14-7-12-13(18)11(8-19-12)15-10-3-5-16(2)6-4-10/h10-13,15,18H,3-8H2,1-2H3,(H,14,17)/t11-,12-,13+/m1/s1. The second-order valence-electron chi connectivity index (χ2n) is 5.65. The number of carbonyl (C=O) groups is 1. The largest absolute Gasteiger partial charge is 0.389 e. The number of nitrogens with one attached hydrogen (secondary N) is 2. The van der Waals surface area contributed by atoms with Crippen molar-refractivity contribution >= 4 is 5.91 Å². The minimum Gasteiger partial charge on any atom is -0.389 e. The Balaban J connectivity index is 1.74. The van der Waals surface area contributed by atoms with Crippen molar-refractivity contribution in [2.75, 3.05) is 33.3 Å². The Morgan fingerprint density at radius 1 is 1.42 bits per heavy atom. The van der Waals surface area contributed by atoms with Gasteiger partial charge in [0.2, 0.25) is 5.91 Å². The number of amides is 1. The summed E-state index contributed by atoms with van der Waals surface area (Å²) in [5.41, 5.74) is 0. The normalized spacial score (nSPS) is 33.5. The van der Waals surface area contributed by atoms with E-state index in [0.29, 0.717) is 19.2 Å². The van der Waals surface area contributed by atoms with Crippen molar-refractivity contribution < 1.29 is 14.6 Å². The maximum absolute atomic E-state index is 10.9. The number of hydrogen-bond acceptors (Lipinski definition) is 5. The predicted molar refractivity (Wildman–Crippen MR) is 71.9 cm³/mol. The molecule has 2 aliphatic heterocycles. The van der Waals surface area contributed by atoms with Gasteiger partial charge in [0, 0.05) is 19.5 Å². The van der Waals surface area contributed by atoms with Crippen molar-refractivity contribution in [1.29, 1.82) is 0 Å². The molecule has 19 heavy (non-hydrogen) atoms. The van der Waals surface area contributed by atoms with Crippen LogP contribution < -0.4 is 10.6 Å². The summed E-state index contributed by atoms with van der Waals surface area (Å²) in [6, 6.07) is 0.436. The predicted octanol–water partition coefficient (Wildman–Crippen LogP) is -1.07. The number of aliphatic hydroxyl groups is 1. The monoisotopic (exact) mass is 271 g/mol. The molecular weight excluding hydrogens is 246 g/mol. The molecule has 2 heterocycles. The minimum atomic E-state index is -0.550. The van der Waals surface area contributed by atoms with Crippen molar-refractivity contribution in [2.45, 2.75) is 44.1 Å². The smallest absolute Gasteiger partial charge is 0.216 e. The molecule has 0 aromatic heterocycles. The Labute approximate surface area is 114 Å². The highest BCUT2D eigenvalue weighted by atomic mass is 16.5. The van der Waals surface area contributed by atoms with Gasteiger partial charge in [-0.2, -0.15) is 0 Å². The number of carbonyl (C=O) groups excluding carboxylic acids is 1. The fraction of sp³-hybridized carbons (Fsp3) is 0.923. The SMILES string of the molecule is CC(=O)NC[C@H]1OC[C@@H](NC2CCN(C)CC2)[C@@H]1O. The highest BCUT2D eigenvalue weighted by Crippen LogP contribution is 2.17. The Hall–Kier alpha value is -0.690. The maximum atomic E-state index is 10.9. The molecule has 6 heteroatoms. The molecule has 2 rings (SSSR count). The van der Waals surface area contributed by atoms with Crippen molar-refractivity contribution in [3.05, 3.63) is 0 Å². The summed E-state index contributed by atoms with van der Waals surface area (Å²) < 4.78 is 5.55. The first-order chi connectivity index (χ1) is 9.06. The molecule has 0 bridgehead atoms. The molecule has 3 atom stereocenters. The van der Waals surface area contributed by atoms with Gasteiger partial charge in [0.05, 0.1) is 18.8 Å². The number of rotatable bonds is 4. The van der Waals surface area contributed by atoms with Crippen molar-refractivity contribution in [2.24, 2.45) is 0 Å². The lowest BCUT2D eigenvalue weighted by Gasteiger charge is -2.32. The van der Waals surface area contributed by atoms with Crippen LogP contribution >= 0.6 is 0 Å². The van der Waals surface area contributed by atoms with E-state index in [0.717, 1.165) is 25.9 Å². The van der Waals surface area contributed by atoms with Gasteiger partial charge in [-0.25, -0.2) is 0 Å². The van der Waals surface area contributed by atoms with Crippen LogP contribution in [0.4, 0.5) is 0 Å². The summed E-state index contributed by atoms with van der Waals surface area (Å²) >= 11 is 0. The summed E-state index contributed by atoms with van der Waals surface area (Å²) in [4.78, 5) is 13.2. The first kappa shape index (κ1) is 14.7. The van der Waals surface area contributed by atoms with Crippen LogP contribution in [0.15, 0.2) is 0 Å². The molecule has 0 unspecified atom stereocenters. The van der Waals surface area contributed by atoms with Gasteiger partial charge >= 0.3 is 0 Å². The molecule has 0 aromatic rings. The first-order valence-corrected chi connectivity index (χ1v) is 7.05. The van der Waals surface area contributed by atoms with Gasteiger partial charge in [0.25, 0.3) is 0 Å². The molecule has 1 amide bonds. The third-order valence-electron chi connectivity index (χ3n) is 4.00. The van der Waals surface area contributed by atoms with E-state index in [4.69, 9.17) is 4.74 Å². The van der Waals surface area contributed by atoms with Gasteiger partial charge in [-0.15, -0.1) is 0 Å². The second kappa shape index (κ2) is 6.65. The van der Waals surface area contributed by atoms with Crippen LogP contribution in [0.1, 0.15) is 19.8 Å². The van der Waals surface area contributed by atoms with E-state index >= 15 is 0 Å². The third-order valence-corrected chi connectivity index (χ3v) is 4.00. The number of ether oxygens (including phenoxy) is 1. The topological polar surface area (TPSA) is 73.8 Å². The van der Waals surface area contributed by atoms with Crippen molar-refractivity contribution in [3.63, 3.8) is 0 Å². The Bertz CT molecular complexity index is 306. The fourth-order valence-corrected chi connectivity index (χ4v) is 2.73. The number of likely N-dealkylation sites (tertiary alicyclic amines) is 1. The summed E-state index contributed by atoms with van der Waals surface area (Å²) in [7, 11) is 2.13. The van der Waals surface area contributed by atoms with Crippen LogP contribution in [0.3, 0.4) is 0 Å². The number of nitrogens with zero attached hydrogens (tertiary/aromatic N) is 1. The Morgan fingerprint density at radius 2 is 2.11 bits per heavy atom. The molecule has 0 radical (unpaired) electrons. The van der Waals surface area contributed by atoms with E-state index in [2.05, 4.69) is 22.6 Å². The summed E-state index contributed by atoms with van der Waals surface area (Å²) in [6.07, 6.45) is 1.37. The van der Waals surface area contributed by atoms with Gasteiger partial charge in [-0.05, 0) is 33.0 Å². The average Bonchev–Trinajstić information content (AvgIpc) is 2.71. The highest BCUT2D eigenvalue weighted by molar-refractivity contribution is 5.72. The van der Waals surface area contributed by atoms with E-state index in [1.807, 2.05) is 0 Å². The first-order valence-electron chi connectivity index (χ1n) is 7.05. The molecule has 0 saturated carbocycles. The van der Waals surface area contributed by atoms with E-state index in [1.165, 1.54) is 6.92 Å². The van der Waals surface area contributed by atoms with E-state index in [9.17, 15) is 9.90 Å². The summed E-state index contributed by atoms with van der Waals surface area (Å²) in [5.74, 6) is -0.0949. The maximum Gasteiger partial charge on any atom is 0.216 e. The van der Waals surface area contributed by atoms with Gasteiger partial charge in [0.15, 0.2) is 0 Å². The lowest BCUT2D eigenvalue weighted by molar-refractivity contribution is -0.119. The van der Waals surface area contributed by atoms with Crippen molar-refractivity contribution in [1.82, 2.24) is 15.5 Å². The van der Waals surface area contributed by atoms with Crippen LogP contribution in [-0.2, 0) is 9.53 Å². The zero-order valence-electron chi connectivity index (χ0n) is 11.8. The van der Waals surface area contributed by atoms with Crippen LogP contribution in [-0.4, -0.2) is 73.5 Å². The summed E-state index contributed by atoms with van der Waals surface area (Å²) in [5, 5.41) is 16.4. The average molecular weight is 271 g/mol. The third kappa shape index (κ3) is 4.14. The molecule has 6 nitrogen and oxygen atoms in total. The van der Waals surface area contributed by atoms with Crippen LogP contribution in [0, 0.1) is 0 Å². The fourth-order valence-electron chi connectivity index (χ4n) is 2.73. The van der Waals surface area contributed by atoms with Gasteiger partial charge in [-0.3, -0.25) is 4.79 Å². The molecule has 0 spiro atoms. The number of hydrogen-bond donors (Lipinski definition) is 3. The molecule has 3 N–H and O–H groups in total. The van der Waals surface area contributed by atoms with Crippen LogP contribution in [0.5, 0.6) is 0 Å².